The Morgan fingerprint density at radius 2 is 1.95 bits per heavy atom. The number of aryl methyl sites for hydroxylation is 2. The normalized spacial score (nSPS) is 14.5. The summed E-state index contributed by atoms with van der Waals surface area (Å²) >= 11 is 0. The zero-order valence-electron chi connectivity index (χ0n) is 24.8. The average molecular weight is 567 g/mol. The number of pyridine rings is 1. The first-order valence-corrected chi connectivity index (χ1v) is 14.6. The molecule has 1 aliphatic rings. The molecular formula is C32H38N8O2. The fourth-order valence-electron chi connectivity index (χ4n) is 5.30. The lowest BCUT2D eigenvalue weighted by molar-refractivity contribution is -0.111. The highest BCUT2D eigenvalue weighted by Gasteiger charge is 2.19. The van der Waals surface area contributed by atoms with Crippen molar-refractivity contribution in [2.75, 3.05) is 57.0 Å². The lowest BCUT2D eigenvalue weighted by Crippen LogP contribution is -2.44. The van der Waals surface area contributed by atoms with Gasteiger partial charge in [-0.2, -0.15) is 10.4 Å². The summed E-state index contributed by atoms with van der Waals surface area (Å²) in [4.78, 5) is 22.4. The van der Waals surface area contributed by atoms with E-state index in [-0.39, 0.29) is 5.91 Å². The van der Waals surface area contributed by atoms with E-state index >= 15 is 0 Å². The molecule has 2 aromatic heterocycles. The third-order valence-corrected chi connectivity index (χ3v) is 7.61. The van der Waals surface area contributed by atoms with Crippen LogP contribution in [0.4, 0.5) is 17.1 Å². The quantitative estimate of drug-likeness (QED) is 0.260. The van der Waals surface area contributed by atoms with E-state index in [9.17, 15) is 10.1 Å². The zero-order chi connectivity index (χ0) is 29.6. The summed E-state index contributed by atoms with van der Waals surface area (Å²) in [6.45, 7) is 11.9. The number of likely N-dealkylation sites (N-methyl/N-ethyl adjacent to an activating group) is 1. The largest absolute Gasteiger partial charge is 0.492 e. The molecule has 10 heteroatoms. The van der Waals surface area contributed by atoms with Crippen LogP contribution in [0.5, 0.6) is 5.75 Å². The molecular weight excluding hydrogens is 528 g/mol. The standard InChI is InChI=1S/C32H38N8O2/c1-5-26-25(20-33)32(35-23-10-11-29-22(17-23)21-34-40(29)6-2)24-18-28(30(42-7-3)19-27(24)36-26)37-31(41)9-8-12-39-15-13-38(4)14-16-39/h8-11,17-19,21H,5-7,12-16H2,1-4H3,(H,35,36)(H,37,41)/b9-8+. The molecule has 2 aromatic carbocycles. The van der Waals surface area contributed by atoms with E-state index in [1.165, 1.54) is 0 Å². The predicted molar refractivity (Wildman–Crippen MR) is 167 cm³/mol. The maximum atomic E-state index is 13.0. The number of aromatic nitrogens is 3. The van der Waals surface area contributed by atoms with Crippen molar-refractivity contribution in [2.45, 2.75) is 33.7 Å². The molecule has 218 valence electrons. The first-order valence-electron chi connectivity index (χ1n) is 14.6. The molecule has 10 nitrogen and oxygen atoms in total. The number of nitrogens with zero attached hydrogens (tertiary/aromatic N) is 6. The SMILES string of the molecule is CCOc1cc2nc(CC)c(C#N)c(Nc3ccc4c(cnn4CC)c3)c2cc1NC(=O)/C=C/CN1CCN(C)CC1. The molecule has 42 heavy (non-hydrogen) atoms. The number of carbonyl (C=O) groups excluding carboxylic acids is 1. The monoisotopic (exact) mass is 566 g/mol. The Morgan fingerprint density at radius 1 is 1.14 bits per heavy atom. The van der Waals surface area contributed by atoms with Crippen molar-refractivity contribution in [1.29, 1.82) is 5.26 Å². The van der Waals surface area contributed by atoms with Gasteiger partial charge in [0.05, 0.1) is 46.5 Å². The van der Waals surface area contributed by atoms with Crippen molar-refractivity contribution < 1.29 is 9.53 Å². The van der Waals surface area contributed by atoms with Gasteiger partial charge in [0.1, 0.15) is 11.8 Å². The lowest BCUT2D eigenvalue weighted by Gasteiger charge is -2.31. The van der Waals surface area contributed by atoms with Crippen LogP contribution in [-0.2, 0) is 17.8 Å². The molecule has 0 unspecified atom stereocenters. The minimum Gasteiger partial charge on any atom is -0.492 e. The van der Waals surface area contributed by atoms with Crippen LogP contribution in [0.15, 0.2) is 48.7 Å². The molecule has 1 aliphatic heterocycles. The van der Waals surface area contributed by atoms with Crippen LogP contribution in [0.3, 0.4) is 0 Å². The summed E-state index contributed by atoms with van der Waals surface area (Å²) in [5.41, 5.74) is 4.89. The maximum absolute atomic E-state index is 13.0. The molecule has 1 fully saturated rings. The first kappa shape index (κ1) is 29.0. The third kappa shape index (κ3) is 6.22. The fourth-order valence-corrected chi connectivity index (χ4v) is 5.30. The Hall–Kier alpha value is -4.46. The van der Waals surface area contributed by atoms with Crippen molar-refractivity contribution in [2.24, 2.45) is 0 Å². The van der Waals surface area contributed by atoms with Gasteiger partial charge in [0.2, 0.25) is 5.91 Å². The molecule has 5 rings (SSSR count). The predicted octanol–water partition coefficient (Wildman–Crippen LogP) is 4.92. The van der Waals surface area contributed by atoms with Crippen molar-refractivity contribution >= 4 is 44.8 Å². The highest BCUT2D eigenvalue weighted by molar-refractivity contribution is 6.05. The minimum absolute atomic E-state index is 0.240. The molecule has 0 bridgehead atoms. The van der Waals surface area contributed by atoms with Gasteiger partial charge in [-0.05, 0) is 51.6 Å². The Kier molecular flexibility index (Phi) is 9.00. The summed E-state index contributed by atoms with van der Waals surface area (Å²) < 4.78 is 7.86. The lowest BCUT2D eigenvalue weighted by atomic mass is 10.0. The van der Waals surface area contributed by atoms with Crippen LogP contribution >= 0.6 is 0 Å². The second-order valence-electron chi connectivity index (χ2n) is 10.4. The van der Waals surface area contributed by atoms with Crippen LogP contribution in [0.25, 0.3) is 21.8 Å². The zero-order valence-corrected chi connectivity index (χ0v) is 24.8. The number of fused-ring (bicyclic) bond motifs is 2. The second-order valence-corrected chi connectivity index (χ2v) is 10.4. The number of anilines is 3. The summed E-state index contributed by atoms with van der Waals surface area (Å²) in [6, 6.07) is 12.1. The van der Waals surface area contributed by atoms with E-state index in [0.717, 1.165) is 55.9 Å². The van der Waals surface area contributed by atoms with Crippen molar-refractivity contribution in [3.8, 4) is 11.8 Å². The van der Waals surface area contributed by atoms with Gasteiger partial charge < -0.3 is 20.3 Å². The number of nitrogens with one attached hydrogen (secondary N) is 2. The van der Waals surface area contributed by atoms with E-state index in [0.29, 0.717) is 52.3 Å². The topological polar surface area (TPSA) is 111 Å². The smallest absolute Gasteiger partial charge is 0.248 e. The Bertz CT molecular complexity index is 1660. The Balaban J connectivity index is 1.49. The van der Waals surface area contributed by atoms with Gasteiger partial charge in [0, 0.05) is 67.9 Å². The van der Waals surface area contributed by atoms with Gasteiger partial charge in [0.25, 0.3) is 0 Å². The highest BCUT2D eigenvalue weighted by atomic mass is 16.5. The Labute approximate surface area is 246 Å². The number of hydrogen-bond acceptors (Lipinski definition) is 8. The van der Waals surface area contributed by atoms with E-state index in [2.05, 4.69) is 45.6 Å². The van der Waals surface area contributed by atoms with Gasteiger partial charge in [-0.25, -0.2) is 0 Å². The Morgan fingerprint density at radius 3 is 2.67 bits per heavy atom. The van der Waals surface area contributed by atoms with Crippen LogP contribution < -0.4 is 15.4 Å². The highest BCUT2D eigenvalue weighted by Crippen LogP contribution is 2.38. The average Bonchev–Trinajstić information content (AvgIpc) is 3.41. The second kappa shape index (κ2) is 13.0. The summed E-state index contributed by atoms with van der Waals surface area (Å²) in [7, 11) is 2.12. The van der Waals surface area contributed by atoms with E-state index in [4.69, 9.17) is 9.72 Å². The summed E-state index contributed by atoms with van der Waals surface area (Å²) in [5.74, 6) is 0.292. The molecule has 1 amide bonds. The number of amides is 1. The van der Waals surface area contributed by atoms with Gasteiger partial charge in [-0.3, -0.25) is 19.4 Å². The molecule has 0 radical (unpaired) electrons. The number of ether oxygens (including phenoxy) is 1. The fraction of sp³-hybridized carbons (Fsp3) is 0.375. The number of benzene rings is 2. The molecule has 0 spiro atoms. The number of carbonyl (C=O) groups is 1. The number of piperazine rings is 1. The molecule has 2 N–H and O–H groups in total. The number of nitriles is 1. The van der Waals surface area contributed by atoms with Gasteiger partial charge in [-0.15, -0.1) is 0 Å². The van der Waals surface area contributed by atoms with Crippen LogP contribution in [0.2, 0.25) is 0 Å². The van der Waals surface area contributed by atoms with E-state index < -0.39 is 0 Å². The van der Waals surface area contributed by atoms with Gasteiger partial charge >= 0.3 is 0 Å². The maximum Gasteiger partial charge on any atom is 0.248 e. The van der Waals surface area contributed by atoms with E-state index in [1.54, 1.807) is 6.08 Å². The minimum atomic E-state index is -0.240. The van der Waals surface area contributed by atoms with Crippen molar-refractivity contribution in [1.82, 2.24) is 24.6 Å². The van der Waals surface area contributed by atoms with Gasteiger partial charge in [-0.1, -0.05) is 13.0 Å². The van der Waals surface area contributed by atoms with Crippen molar-refractivity contribution in [3.63, 3.8) is 0 Å². The molecule has 0 saturated carbocycles. The van der Waals surface area contributed by atoms with Crippen LogP contribution in [0, 0.1) is 11.3 Å². The summed E-state index contributed by atoms with van der Waals surface area (Å²) in [5, 5.41) is 22.9. The van der Waals surface area contributed by atoms with Crippen LogP contribution in [0.1, 0.15) is 32.0 Å². The molecule has 1 saturated heterocycles. The van der Waals surface area contributed by atoms with Crippen molar-refractivity contribution in [3.05, 3.63) is 59.9 Å². The van der Waals surface area contributed by atoms with Crippen LogP contribution in [-0.4, -0.2) is 76.8 Å². The first-order chi connectivity index (χ1) is 20.4. The number of rotatable bonds is 10. The third-order valence-electron chi connectivity index (χ3n) is 7.61. The molecule has 0 aliphatic carbocycles. The van der Waals surface area contributed by atoms with Gasteiger partial charge in [0.15, 0.2) is 0 Å². The molecule has 0 atom stereocenters. The van der Waals surface area contributed by atoms with E-state index in [1.807, 2.05) is 61.1 Å². The molecule has 3 heterocycles. The number of hydrogen-bond donors (Lipinski definition) is 2. The summed E-state index contributed by atoms with van der Waals surface area (Å²) in [6.07, 6.45) is 5.91. The molecule has 4 aromatic rings.